The van der Waals surface area contributed by atoms with E-state index in [-0.39, 0.29) is 0 Å². The van der Waals surface area contributed by atoms with Gasteiger partial charge in [0.2, 0.25) is 5.95 Å². The minimum absolute atomic E-state index is 0.541. The van der Waals surface area contributed by atoms with Gasteiger partial charge in [-0.1, -0.05) is 11.6 Å². The van der Waals surface area contributed by atoms with Crippen LogP contribution in [0.15, 0.2) is 48.8 Å². The molecule has 0 bridgehead atoms. The van der Waals surface area contributed by atoms with Gasteiger partial charge in [-0.2, -0.15) is 4.98 Å². The number of hydrogen-bond donors (Lipinski definition) is 2. The van der Waals surface area contributed by atoms with Crippen LogP contribution in [0.3, 0.4) is 0 Å². The largest absolute Gasteiger partial charge is 0.495 e. The summed E-state index contributed by atoms with van der Waals surface area (Å²) in [5.74, 6) is 1.85. The lowest BCUT2D eigenvalue weighted by Crippen LogP contribution is -2.21. The van der Waals surface area contributed by atoms with Gasteiger partial charge in [-0.25, -0.2) is 4.98 Å². The van der Waals surface area contributed by atoms with E-state index in [1.807, 2.05) is 38.4 Å². The number of pyridine rings is 1. The van der Waals surface area contributed by atoms with E-state index in [0.29, 0.717) is 22.5 Å². The van der Waals surface area contributed by atoms with Crippen LogP contribution in [0, 0.1) is 0 Å². The van der Waals surface area contributed by atoms with Gasteiger partial charge < -0.3 is 20.3 Å². The lowest BCUT2D eigenvalue weighted by atomic mass is 10.2. The topological polar surface area (TPSA) is 75.2 Å². The summed E-state index contributed by atoms with van der Waals surface area (Å²) in [5, 5.41) is 7.17. The third-order valence-electron chi connectivity index (χ3n) is 3.97. The Morgan fingerprint density at radius 2 is 1.86 bits per heavy atom. The monoisotopic (exact) mass is 398 g/mol. The highest BCUT2D eigenvalue weighted by Crippen LogP contribution is 2.31. The van der Waals surface area contributed by atoms with E-state index in [4.69, 9.17) is 16.3 Å². The number of likely N-dealkylation sites (N-methyl/N-ethyl adjacent to an activating group) is 1. The number of nitrogens with zero attached hydrogens (tertiary/aromatic N) is 4. The summed E-state index contributed by atoms with van der Waals surface area (Å²) in [6.45, 7) is 1.60. The summed E-state index contributed by atoms with van der Waals surface area (Å²) < 4.78 is 5.41. The normalized spacial score (nSPS) is 10.8. The second-order valence-electron chi connectivity index (χ2n) is 6.40. The maximum Gasteiger partial charge on any atom is 0.225 e. The van der Waals surface area contributed by atoms with Crippen molar-refractivity contribution >= 4 is 29.1 Å². The van der Waals surface area contributed by atoms with Crippen LogP contribution in [0.2, 0.25) is 5.02 Å². The fraction of sp³-hybridized carbons (Fsp3) is 0.250. The number of benzene rings is 1. The first-order valence-corrected chi connectivity index (χ1v) is 9.21. The van der Waals surface area contributed by atoms with Crippen molar-refractivity contribution in [3.8, 4) is 17.0 Å². The van der Waals surface area contributed by atoms with Crippen molar-refractivity contribution in [1.29, 1.82) is 0 Å². The third kappa shape index (κ3) is 5.31. The molecule has 146 valence electrons. The highest BCUT2D eigenvalue weighted by Gasteiger charge is 2.10. The number of methoxy groups -OCH3 is 1. The maximum absolute atomic E-state index is 6.14. The molecule has 0 saturated heterocycles. The number of rotatable bonds is 8. The molecule has 3 rings (SSSR count). The van der Waals surface area contributed by atoms with Gasteiger partial charge >= 0.3 is 0 Å². The van der Waals surface area contributed by atoms with E-state index in [1.165, 1.54) is 0 Å². The zero-order valence-electron chi connectivity index (χ0n) is 16.1. The molecule has 7 nitrogen and oxygen atoms in total. The van der Waals surface area contributed by atoms with Crippen LogP contribution in [0.5, 0.6) is 5.75 Å². The number of halogens is 1. The standard InChI is InChI=1S/C20H23ClN6O/c1-27(2)11-10-23-20-25-16(14-6-8-22-9-7-14)13-19(26-20)24-17-12-15(21)4-5-18(17)28-3/h4-9,12-13H,10-11H2,1-3H3,(H2,23,24,25,26). The van der Waals surface area contributed by atoms with Crippen LogP contribution in [-0.2, 0) is 0 Å². The molecule has 0 aliphatic rings. The SMILES string of the molecule is COc1ccc(Cl)cc1Nc1cc(-c2ccncc2)nc(NCCN(C)C)n1. The molecule has 0 fully saturated rings. The Morgan fingerprint density at radius 1 is 1.07 bits per heavy atom. The van der Waals surface area contributed by atoms with Crippen LogP contribution < -0.4 is 15.4 Å². The zero-order valence-corrected chi connectivity index (χ0v) is 16.9. The molecule has 0 spiro atoms. The smallest absolute Gasteiger partial charge is 0.225 e. The van der Waals surface area contributed by atoms with E-state index in [9.17, 15) is 0 Å². The van der Waals surface area contributed by atoms with Crippen LogP contribution in [-0.4, -0.2) is 54.1 Å². The summed E-state index contributed by atoms with van der Waals surface area (Å²) in [6, 6.07) is 11.1. The maximum atomic E-state index is 6.14. The molecular formula is C20H23ClN6O. The summed E-state index contributed by atoms with van der Waals surface area (Å²) in [4.78, 5) is 15.4. The van der Waals surface area contributed by atoms with Crippen LogP contribution in [0.25, 0.3) is 11.3 Å². The van der Waals surface area contributed by atoms with Crippen LogP contribution in [0.1, 0.15) is 0 Å². The minimum Gasteiger partial charge on any atom is -0.495 e. The summed E-state index contributed by atoms with van der Waals surface area (Å²) in [7, 11) is 5.66. The predicted octanol–water partition coefficient (Wildman–Crippen LogP) is 3.92. The minimum atomic E-state index is 0.541. The molecule has 2 aromatic heterocycles. The van der Waals surface area contributed by atoms with Gasteiger partial charge in [0, 0.05) is 42.1 Å². The molecule has 0 radical (unpaired) electrons. The quantitative estimate of drug-likeness (QED) is 0.595. The van der Waals surface area contributed by atoms with E-state index in [2.05, 4.69) is 30.5 Å². The molecule has 3 aromatic rings. The first-order valence-electron chi connectivity index (χ1n) is 8.84. The van der Waals surface area contributed by atoms with Gasteiger partial charge in [0.1, 0.15) is 11.6 Å². The predicted molar refractivity (Wildman–Crippen MR) is 114 cm³/mol. The molecule has 2 heterocycles. The van der Waals surface area contributed by atoms with Gasteiger partial charge in [-0.3, -0.25) is 4.98 Å². The van der Waals surface area contributed by atoms with Gasteiger partial charge in [0.15, 0.2) is 0 Å². The average Bonchev–Trinajstić information content (AvgIpc) is 2.68. The Hall–Kier alpha value is -2.90. The molecule has 0 aliphatic carbocycles. The van der Waals surface area contributed by atoms with Gasteiger partial charge in [-0.05, 0) is 44.4 Å². The van der Waals surface area contributed by atoms with Crippen molar-refractivity contribution in [1.82, 2.24) is 19.9 Å². The molecule has 1 aromatic carbocycles. The fourth-order valence-electron chi connectivity index (χ4n) is 2.57. The van der Waals surface area contributed by atoms with Crippen molar-refractivity contribution < 1.29 is 4.74 Å². The van der Waals surface area contributed by atoms with Crippen molar-refractivity contribution in [3.63, 3.8) is 0 Å². The number of ether oxygens (including phenoxy) is 1. The second-order valence-corrected chi connectivity index (χ2v) is 6.83. The van der Waals surface area contributed by atoms with Crippen LogP contribution >= 0.6 is 11.6 Å². The fourth-order valence-corrected chi connectivity index (χ4v) is 2.74. The second kappa shape index (κ2) is 9.34. The lowest BCUT2D eigenvalue weighted by Gasteiger charge is -2.14. The van der Waals surface area contributed by atoms with Crippen molar-refractivity contribution in [2.24, 2.45) is 0 Å². The summed E-state index contributed by atoms with van der Waals surface area (Å²) in [6.07, 6.45) is 3.48. The lowest BCUT2D eigenvalue weighted by molar-refractivity contribution is 0.417. The molecule has 2 N–H and O–H groups in total. The highest BCUT2D eigenvalue weighted by atomic mass is 35.5. The Morgan fingerprint density at radius 3 is 2.57 bits per heavy atom. The highest BCUT2D eigenvalue weighted by molar-refractivity contribution is 6.31. The molecule has 0 aliphatic heterocycles. The third-order valence-corrected chi connectivity index (χ3v) is 4.20. The molecule has 0 atom stereocenters. The number of hydrogen-bond acceptors (Lipinski definition) is 7. The van der Waals surface area contributed by atoms with Crippen molar-refractivity contribution in [2.75, 3.05) is 44.9 Å². The average molecular weight is 399 g/mol. The van der Waals surface area contributed by atoms with Gasteiger partial charge in [-0.15, -0.1) is 0 Å². The summed E-state index contributed by atoms with van der Waals surface area (Å²) in [5.41, 5.74) is 2.47. The van der Waals surface area contributed by atoms with Gasteiger partial charge in [0.05, 0.1) is 18.5 Å². The molecule has 0 amide bonds. The molecule has 0 unspecified atom stereocenters. The van der Waals surface area contributed by atoms with E-state index >= 15 is 0 Å². The Kier molecular flexibility index (Phi) is 6.62. The molecule has 28 heavy (non-hydrogen) atoms. The molecule has 8 heteroatoms. The number of anilines is 3. The Balaban J connectivity index is 1.94. The van der Waals surface area contributed by atoms with Crippen molar-refractivity contribution in [2.45, 2.75) is 0 Å². The number of aromatic nitrogens is 3. The Labute approximate surface area is 169 Å². The number of nitrogens with one attached hydrogen (secondary N) is 2. The van der Waals surface area contributed by atoms with E-state index < -0.39 is 0 Å². The zero-order chi connectivity index (χ0) is 19.9. The summed E-state index contributed by atoms with van der Waals surface area (Å²) >= 11 is 6.14. The first kappa shape index (κ1) is 19.9. The van der Waals surface area contributed by atoms with Crippen LogP contribution in [0.4, 0.5) is 17.5 Å². The molecular weight excluding hydrogens is 376 g/mol. The first-order chi connectivity index (χ1) is 13.5. The van der Waals surface area contributed by atoms with E-state index in [1.54, 1.807) is 31.6 Å². The van der Waals surface area contributed by atoms with Crippen molar-refractivity contribution in [3.05, 3.63) is 53.8 Å². The van der Waals surface area contributed by atoms with Gasteiger partial charge in [0.25, 0.3) is 0 Å². The Bertz CT molecular complexity index is 920. The van der Waals surface area contributed by atoms with E-state index in [0.717, 1.165) is 30.0 Å². The molecule has 0 saturated carbocycles.